The first-order chi connectivity index (χ1) is 8.93. The summed E-state index contributed by atoms with van der Waals surface area (Å²) >= 11 is 0. The highest BCUT2D eigenvalue weighted by atomic mass is 14.9. The summed E-state index contributed by atoms with van der Waals surface area (Å²) in [6.07, 6.45) is 13.7. The molecule has 2 aliphatic carbocycles. The van der Waals surface area contributed by atoms with Gasteiger partial charge in [0.25, 0.3) is 0 Å². The molecule has 0 bridgehead atoms. The molecule has 0 amide bonds. The number of hydrogen-bond acceptors (Lipinski definition) is 2. The lowest BCUT2D eigenvalue weighted by molar-refractivity contribution is 0.373. The van der Waals surface area contributed by atoms with Crippen LogP contribution >= 0.6 is 0 Å². The van der Waals surface area contributed by atoms with Crippen molar-refractivity contribution < 1.29 is 0 Å². The Morgan fingerprint density at radius 2 is 2.00 bits per heavy atom. The van der Waals surface area contributed by atoms with E-state index in [1.807, 2.05) is 6.20 Å². The number of hydrogen-bond donors (Lipinski definition) is 1. The number of nitrogens with one attached hydrogen (secondary N) is 1. The molecule has 2 fully saturated rings. The van der Waals surface area contributed by atoms with Gasteiger partial charge in [-0.15, -0.1) is 0 Å². The van der Waals surface area contributed by atoms with E-state index in [2.05, 4.69) is 28.6 Å². The average molecular weight is 244 g/mol. The van der Waals surface area contributed by atoms with Crippen molar-refractivity contribution in [3.05, 3.63) is 30.1 Å². The SMILES string of the molecule is c1cncc(C2CCCCCC2CNC2CC2)c1. The van der Waals surface area contributed by atoms with Gasteiger partial charge in [0, 0.05) is 18.4 Å². The van der Waals surface area contributed by atoms with E-state index in [1.165, 1.54) is 57.1 Å². The van der Waals surface area contributed by atoms with E-state index in [1.54, 1.807) is 0 Å². The molecule has 2 heteroatoms. The van der Waals surface area contributed by atoms with Crippen LogP contribution in [0.25, 0.3) is 0 Å². The highest BCUT2D eigenvalue weighted by molar-refractivity contribution is 5.16. The fraction of sp³-hybridized carbons (Fsp3) is 0.688. The minimum atomic E-state index is 0.729. The van der Waals surface area contributed by atoms with E-state index in [-0.39, 0.29) is 0 Å². The third-order valence-electron chi connectivity index (χ3n) is 4.52. The van der Waals surface area contributed by atoms with Crippen LogP contribution in [0, 0.1) is 5.92 Å². The van der Waals surface area contributed by atoms with E-state index in [4.69, 9.17) is 0 Å². The predicted octanol–water partition coefficient (Wildman–Crippen LogP) is 3.50. The second-order valence-corrected chi connectivity index (χ2v) is 5.97. The quantitative estimate of drug-likeness (QED) is 0.820. The maximum atomic E-state index is 4.31. The minimum Gasteiger partial charge on any atom is -0.314 e. The van der Waals surface area contributed by atoms with Gasteiger partial charge in [-0.2, -0.15) is 0 Å². The van der Waals surface area contributed by atoms with Crippen molar-refractivity contribution >= 4 is 0 Å². The smallest absolute Gasteiger partial charge is 0.0302 e. The van der Waals surface area contributed by atoms with Crippen molar-refractivity contribution in [1.29, 1.82) is 0 Å². The Balaban J connectivity index is 1.69. The zero-order chi connectivity index (χ0) is 12.2. The third-order valence-corrected chi connectivity index (χ3v) is 4.52. The van der Waals surface area contributed by atoms with Gasteiger partial charge in [0.2, 0.25) is 0 Å². The van der Waals surface area contributed by atoms with Gasteiger partial charge < -0.3 is 5.32 Å². The molecule has 2 saturated carbocycles. The molecule has 1 heterocycles. The molecular weight excluding hydrogens is 220 g/mol. The standard InChI is InChI=1S/C16H24N2/c1-2-5-14(12-18-15-8-9-15)16(7-3-1)13-6-4-10-17-11-13/h4,6,10-11,14-16,18H,1-3,5,7-9,12H2. The Bertz CT molecular complexity index is 359. The zero-order valence-electron chi connectivity index (χ0n) is 11.1. The second-order valence-electron chi connectivity index (χ2n) is 5.97. The second kappa shape index (κ2) is 5.83. The van der Waals surface area contributed by atoms with Gasteiger partial charge in [-0.3, -0.25) is 4.98 Å². The van der Waals surface area contributed by atoms with Gasteiger partial charge in [0.05, 0.1) is 0 Å². The summed E-state index contributed by atoms with van der Waals surface area (Å²) in [5.74, 6) is 1.55. The molecule has 3 rings (SSSR count). The Morgan fingerprint density at radius 1 is 1.11 bits per heavy atom. The molecule has 2 aliphatic rings. The van der Waals surface area contributed by atoms with Crippen molar-refractivity contribution in [1.82, 2.24) is 10.3 Å². The molecule has 1 N–H and O–H groups in total. The van der Waals surface area contributed by atoms with Gasteiger partial charge >= 0.3 is 0 Å². The molecule has 2 unspecified atom stereocenters. The van der Waals surface area contributed by atoms with Crippen molar-refractivity contribution in [3.8, 4) is 0 Å². The lowest BCUT2D eigenvalue weighted by Gasteiger charge is -2.25. The molecule has 0 aliphatic heterocycles. The van der Waals surface area contributed by atoms with Crippen LogP contribution in [-0.4, -0.2) is 17.6 Å². The normalized spacial score (nSPS) is 28.9. The van der Waals surface area contributed by atoms with E-state index in [9.17, 15) is 0 Å². The Labute approximate surface area is 110 Å². The van der Waals surface area contributed by atoms with Crippen LogP contribution in [-0.2, 0) is 0 Å². The van der Waals surface area contributed by atoms with Crippen LogP contribution in [0.2, 0.25) is 0 Å². The Hall–Kier alpha value is -0.890. The van der Waals surface area contributed by atoms with Crippen molar-refractivity contribution in [3.63, 3.8) is 0 Å². The number of aromatic nitrogens is 1. The summed E-state index contributed by atoms with van der Waals surface area (Å²) in [7, 11) is 0. The summed E-state index contributed by atoms with van der Waals surface area (Å²) in [4.78, 5) is 4.31. The maximum absolute atomic E-state index is 4.31. The van der Waals surface area contributed by atoms with Gasteiger partial charge in [-0.25, -0.2) is 0 Å². The van der Waals surface area contributed by atoms with Crippen LogP contribution in [0.3, 0.4) is 0 Å². The van der Waals surface area contributed by atoms with Crippen LogP contribution in [0.15, 0.2) is 24.5 Å². The first-order valence-electron chi connectivity index (χ1n) is 7.57. The van der Waals surface area contributed by atoms with Crippen LogP contribution < -0.4 is 5.32 Å². The maximum Gasteiger partial charge on any atom is 0.0302 e. The van der Waals surface area contributed by atoms with Gasteiger partial charge in [0.15, 0.2) is 0 Å². The summed E-state index contributed by atoms with van der Waals surface area (Å²) in [6.45, 7) is 1.21. The molecule has 98 valence electrons. The largest absolute Gasteiger partial charge is 0.314 e. The van der Waals surface area contributed by atoms with Crippen LogP contribution in [0.5, 0.6) is 0 Å². The van der Waals surface area contributed by atoms with Gasteiger partial charge in [-0.05, 0) is 55.7 Å². The highest BCUT2D eigenvalue weighted by Gasteiger charge is 2.28. The van der Waals surface area contributed by atoms with E-state index >= 15 is 0 Å². The van der Waals surface area contributed by atoms with Gasteiger partial charge in [-0.1, -0.05) is 25.3 Å². The number of pyridine rings is 1. The average Bonchev–Trinajstić information content (AvgIpc) is 3.24. The summed E-state index contributed by atoms with van der Waals surface area (Å²) in [6, 6.07) is 5.20. The molecule has 2 atom stereocenters. The van der Waals surface area contributed by atoms with Crippen LogP contribution in [0.1, 0.15) is 56.4 Å². The first-order valence-corrected chi connectivity index (χ1v) is 7.57. The summed E-state index contributed by atoms with van der Waals surface area (Å²) in [5, 5.41) is 3.73. The number of rotatable bonds is 4. The van der Waals surface area contributed by atoms with Gasteiger partial charge in [0.1, 0.15) is 0 Å². The number of nitrogens with zero attached hydrogens (tertiary/aromatic N) is 1. The molecule has 0 spiro atoms. The zero-order valence-corrected chi connectivity index (χ0v) is 11.1. The Morgan fingerprint density at radius 3 is 2.78 bits per heavy atom. The van der Waals surface area contributed by atoms with Crippen molar-refractivity contribution in [2.24, 2.45) is 5.92 Å². The molecule has 0 radical (unpaired) electrons. The van der Waals surface area contributed by atoms with Crippen molar-refractivity contribution in [2.75, 3.05) is 6.54 Å². The van der Waals surface area contributed by atoms with Crippen molar-refractivity contribution in [2.45, 2.75) is 56.9 Å². The van der Waals surface area contributed by atoms with E-state index in [0.29, 0.717) is 0 Å². The molecule has 1 aromatic heterocycles. The van der Waals surface area contributed by atoms with E-state index in [0.717, 1.165) is 17.9 Å². The fourth-order valence-electron chi connectivity index (χ4n) is 3.27. The lowest BCUT2D eigenvalue weighted by Crippen LogP contribution is -2.28. The minimum absolute atomic E-state index is 0.729. The molecule has 1 aromatic rings. The highest BCUT2D eigenvalue weighted by Crippen LogP contribution is 2.36. The topological polar surface area (TPSA) is 24.9 Å². The molecule has 0 saturated heterocycles. The monoisotopic (exact) mass is 244 g/mol. The molecule has 0 aromatic carbocycles. The predicted molar refractivity (Wildman–Crippen MR) is 74.6 cm³/mol. The lowest BCUT2D eigenvalue weighted by atomic mass is 9.83. The Kier molecular flexibility index (Phi) is 3.94. The van der Waals surface area contributed by atoms with E-state index < -0.39 is 0 Å². The summed E-state index contributed by atoms with van der Waals surface area (Å²) in [5.41, 5.74) is 1.46. The third kappa shape index (κ3) is 3.11. The molecule has 18 heavy (non-hydrogen) atoms. The molecular formula is C16H24N2. The van der Waals surface area contributed by atoms with Crippen LogP contribution in [0.4, 0.5) is 0 Å². The molecule has 2 nitrogen and oxygen atoms in total. The summed E-state index contributed by atoms with van der Waals surface area (Å²) < 4.78 is 0. The first kappa shape index (κ1) is 12.2. The fourth-order valence-corrected chi connectivity index (χ4v) is 3.27.